The van der Waals surface area contributed by atoms with Crippen LogP contribution in [0.3, 0.4) is 0 Å². The minimum absolute atomic E-state index is 0.0699. The lowest BCUT2D eigenvalue weighted by atomic mass is 10.1. The van der Waals surface area contributed by atoms with E-state index in [-0.39, 0.29) is 36.2 Å². The van der Waals surface area contributed by atoms with Gasteiger partial charge in [0, 0.05) is 31.8 Å². The third-order valence-corrected chi connectivity index (χ3v) is 7.43. The summed E-state index contributed by atoms with van der Waals surface area (Å²) >= 11 is 6.66. The van der Waals surface area contributed by atoms with Crippen LogP contribution in [-0.4, -0.2) is 44.2 Å². The van der Waals surface area contributed by atoms with E-state index in [1.807, 2.05) is 67.8 Å². The van der Waals surface area contributed by atoms with E-state index < -0.39 is 0 Å². The quantitative estimate of drug-likeness (QED) is 0.312. The first-order valence-electron chi connectivity index (χ1n) is 13.7. The van der Waals surface area contributed by atoms with Crippen LogP contribution in [-0.2, 0) is 22.6 Å². The number of hydrogen-bond donors (Lipinski definition) is 1. The van der Waals surface area contributed by atoms with Crippen LogP contribution in [0.5, 0.6) is 0 Å². The van der Waals surface area contributed by atoms with E-state index in [0.29, 0.717) is 53.9 Å². The summed E-state index contributed by atoms with van der Waals surface area (Å²) in [7, 11) is 0. The highest BCUT2D eigenvalue weighted by atomic mass is 35.5. The van der Waals surface area contributed by atoms with Gasteiger partial charge >= 0.3 is 5.69 Å². The predicted octanol–water partition coefficient (Wildman–Crippen LogP) is 4.38. The summed E-state index contributed by atoms with van der Waals surface area (Å²) in [5.41, 5.74) is 1.67. The van der Waals surface area contributed by atoms with Crippen LogP contribution < -0.4 is 16.6 Å². The minimum atomic E-state index is -0.377. The molecule has 0 amide bonds. The Morgan fingerprint density at radius 1 is 1.18 bits per heavy atom. The van der Waals surface area contributed by atoms with Crippen molar-refractivity contribution < 1.29 is 9.47 Å². The Labute approximate surface area is 232 Å². The normalized spacial score (nSPS) is 19.7. The number of imidazole rings is 1. The molecule has 1 N–H and O–H groups in total. The van der Waals surface area contributed by atoms with Crippen LogP contribution in [0.1, 0.15) is 63.9 Å². The first kappa shape index (κ1) is 27.4. The highest BCUT2D eigenvalue weighted by Gasteiger charge is 2.26. The summed E-state index contributed by atoms with van der Waals surface area (Å²) in [4.78, 5) is 32.5. The third-order valence-electron chi connectivity index (χ3n) is 7.11. The lowest BCUT2D eigenvalue weighted by Crippen LogP contribution is -2.41. The maximum Gasteiger partial charge on any atom is 0.332 e. The van der Waals surface area contributed by atoms with E-state index in [4.69, 9.17) is 26.1 Å². The number of fused-ring (bicyclic) bond motifs is 1. The number of nitrogens with zero attached hydrogens (tertiary/aromatic N) is 4. The largest absolute Gasteiger partial charge is 0.369 e. The summed E-state index contributed by atoms with van der Waals surface area (Å²) in [6.07, 6.45) is 7.23. The number of aromatic nitrogens is 4. The van der Waals surface area contributed by atoms with Crippen molar-refractivity contribution in [3.63, 3.8) is 0 Å². The zero-order valence-corrected chi connectivity index (χ0v) is 23.5. The summed E-state index contributed by atoms with van der Waals surface area (Å²) < 4.78 is 16.3. The highest BCUT2D eigenvalue weighted by molar-refractivity contribution is 6.33. The number of rotatable bonds is 9. The van der Waals surface area contributed by atoms with Crippen molar-refractivity contribution in [1.29, 1.82) is 0 Å². The van der Waals surface area contributed by atoms with Crippen molar-refractivity contribution in [2.45, 2.75) is 77.9 Å². The van der Waals surface area contributed by atoms with E-state index in [9.17, 15) is 9.59 Å². The Morgan fingerprint density at radius 3 is 2.67 bits per heavy atom. The molecule has 2 atom stereocenters. The predicted molar refractivity (Wildman–Crippen MR) is 153 cm³/mol. The number of dihydropyridines is 1. The lowest BCUT2D eigenvalue weighted by Gasteiger charge is -2.22. The van der Waals surface area contributed by atoms with Gasteiger partial charge in [0.1, 0.15) is 11.0 Å². The Bertz CT molecular complexity index is 1500. The van der Waals surface area contributed by atoms with Crippen molar-refractivity contribution >= 4 is 28.3 Å². The number of allylic oxidation sites excluding steroid dienone is 2. The average molecular weight is 554 g/mol. The molecular weight excluding hydrogens is 518 g/mol. The maximum absolute atomic E-state index is 14.0. The number of halogens is 1. The molecule has 39 heavy (non-hydrogen) atoms. The van der Waals surface area contributed by atoms with Gasteiger partial charge in [0.15, 0.2) is 17.5 Å². The fourth-order valence-electron chi connectivity index (χ4n) is 5.14. The van der Waals surface area contributed by atoms with Gasteiger partial charge in [-0.1, -0.05) is 54.1 Å². The molecule has 2 unspecified atom stereocenters. The summed E-state index contributed by atoms with van der Waals surface area (Å²) in [5, 5.41) is 3.68. The molecule has 2 aliphatic rings. The van der Waals surface area contributed by atoms with Gasteiger partial charge in [-0.15, -0.1) is 0 Å². The molecule has 0 spiro atoms. The van der Waals surface area contributed by atoms with Gasteiger partial charge in [0.25, 0.3) is 5.56 Å². The molecule has 0 bridgehead atoms. The Balaban J connectivity index is 1.60. The molecule has 1 aromatic carbocycles. The summed E-state index contributed by atoms with van der Waals surface area (Å²) in [6, 6.07) is 9.74. The average Bonchev–Trinajstić information content (AvgIpc) is 3.27. The van der Waals surface area contributed by atoms with Crippen LogP contribution in [0, 0.1) is 0 Å². The van der Waals surface area contributed by atoms with Crippen molar-refractivity contribution in [3.8, 4) is 0 Å². The van der Waals surface area contributed by atoms with E-state index in [2.05, 4.69) is 5.32 Å². The SMILES string of the molecule is CC1C=CC(c2nc3c(c(=O)n(CCCOC4CCCCO4)c(=O)n3C(C)C)n2Cc2ccccc2)=C(Cl)N1. The van der Waals surface area contributed by atoms with Gasteiger partial charge in [-0.05, 0) is 52.0 Å². The second kappa shape index (κ2) is 11.9. The monoisotopic (exact) mass is 553 g/mol. The first-order chi connectivity index (χ1) is 18.8. The van der Waals surface area contributed by atoms with Crippen molar-refractivity contribution in [3.05, 3.63) is 79.9 Å². The molecule has 2 aliphatic heterocycles. The van der Waals surface area contributed by atoms with E-state index in [1.165, 1.54) is 4.57 Å². The molecule has 1 fully saturated rings. The second-order valence-corrected chi connectivity index (χ2v) is 10.8. The van der Waals surface area contributed by atoms with Gasteiger partial charge < -0.3 is 19.4 Å². The molecule has 9 nitrogen and oxygen atoms in total. The van der Waals surface area contributed by atoms with Crippen LogP contribution in [0.4, 0.5) is 0 Å². The molecule has 0 radical (unpaired) electrons. The zero-order chi connectivity index (χ0) is 27.5. The number of nitrogens with one attached hydrogen (secondary N) is 1. The molecule has 5 rings (SSSR count). The lowest BCUT2D eigenvalue weighted by molar-refractivity contribution is -0.163. The smallest absolute Gasteiger partial charge is 0.332 e. The number of ether oxygens (including phenoxy) is 2. The van der Waals surface area contributed by atoms with E-state index in [0.717, 1.165) is 24.8 Å². The fraction of sp³-hybridized carbons (Fsp3) is 0.483. The van der Waals surface area contributed by atoms with Crippen LogP contribution >= 0.6 is 11.6 Å². The van der Waals surface area contributed by atoms with E-state index >= 15 is 0 Å². The van der Waals surface area contributed by atoms with E-state index in [1.54, 1.807) is 4.57 Å². The molecule has 208 valence electrons. The molecule has 3 aromatic rings. The Hall–Kier alpha value is -3.14. The van der Waals surface area contributed by atoms with Crippen LogP contribution in [0.15, 0.2) is 57.2 Å². The van der Waals surface area contributed by atoms with Gasteiger partial charge in [0.05, 0.1) is 12.2 Å². The molecule has 0 saturated carbocycles. The van der Waals surface area contributed by atoms with Crippen molar-refractivity contribution in [2.24, 2.45) is 0 Å². The summed E-state index contributed by atoms with van der Waals surface area (Å²) in [5.74, 6) is 0.538. The molecular formula is C29H36ClN5O4. The first-order valence-corrected chi connectivity index (χ1v) is 14.1. The van der Waals surface area contributed by atoms with Gasteiger partial charge in [-0.2, -0.15) is 0 Å². The van der Waals surface area contributed by atoms with Gasteiger partial charge in [-0.25, -0.2) is 9.78 Å². The van der Waals surface area contributed by atoms with Crippen LogP contribution in [0.2, 0.25) is 0 Å². The van der Waals surface area contributed by atoms with Crippen LogP contribution in [0.25, 0.3) is 16.7 Å². The fourth-order valence-corrected chi connectivity index (χ4v) is 5.45. The highest BCUT2D eigenvalue weighted by Crippen LogP contribution is 2.28. The van der Waals surface area contributed by atoms with Gasteiger partial charge in [-0.3, -0.25) is 13.9 Å². The zero-order valence-electron chi connectivity index (χ0n) is 22.7. The third kappa shape index (κ3) is 5.76. The standard InChI is InChI=1S/C29H36ClN5O4/c1-19(2)35-27-24(28(36)33(29(35)37)15-9-17-39-23-12-7-8-16-38-23)34(18-21-10-5-4-6-11-21)26(32-27)22-14-13-20(3)31-25(22)30/h4-6,10-11,13-14,19-20,23,31H,7-9,12,15-18H2,1-3H3. The minimum Gasteiger partial charge on any atom is -0.369 e. The molecule has 10 heteroatoms. The Kier molecular flexibility index (Phi) is 8.40. The molecule has 4 heterocycles. The second-order valence-electron chi connectivity index (χ2n) is 10.4. The topological polar surface area (TPSA) is 92.3 Å². The van der Waals surface area contributed by atoms with Crippen molar-refractivity contribution in [2.75, 3.05) is 13.2 Å². The molecule has 1 saturated heterocycles. The maximum atomic E-state index is 14.0. The molecule has 2 aromatic heterocycles. The number of hydrogen-bond acceptors (Lipinski definition) is 6. The Morgan fingerprint density at radius 2 is 1.97 bits per heavy atom. The number of benzene rings is 1. The summed E-state index contributed by atoms with van der Waals surface area (Å²) in [6.45, 7) is 7.59. The van der Waals surface area contributed by atoms with Crippen molar-refractivity contribution in [1.82, 2.24) is 24.0 Å². The molecule has 0 aliphatic carbocycles. The van der Waals surface area contributed by atoms with Gasteiger partial charge in [0.2, 0.25) is 0 Å².